The number of nitrogens with zero attached hydrogens (tertiary/aromatic N) is 4. The average Bonchev–Trinajstić information content (AvgIpc) is 3.04. The van der Waals surface area contributed by atoms with E-state index in [0.29, 0.717) is 17.9 Å². The summed E-state index contributed by atoms with van der Waals surface area (Å²) in [4.78, 5) is 8.70. The van der Waals surface area contributed by atoms with Crippen molar-refractivity contribution < 1.29 is 8.42 Å². The summed E-state index contributed by atoms with van der Waals surface area (Å²) in [6, 6.07) is 5.66. The van der Waals surface area contributed by atoms with Crippen LogP contribution in [0.4, 0.5) is 11.4 Å². The first-order valence-corrected chi connectivity index (χ1v) is 9.41. The Labute approximate surface area is 139 Å². The van der Waals surface area contributed by atoms with Gasteiger partial charge in [0.15, 0.2) is 0 Å². The number of nitrogens with two attached hydrogens (primary N) is 1. The van der Waals surface area contributed by atoms with E-state index in [0.717, 1.165) is 22.5 Å². The Balaban J connectivity index is 1.80. The first-order valence-electron chi connectivity index (χ1n) is 7.56. The van der Waals surface area contributed by atoms with Gasteiger partial charge in [-0.15, -0.1) is 0 Å². The molecule has 1 aliphatic rings. The highest BCUT2D eigenvalue weighted by Crippen LogP contribution is 2.36. The van der Waals surface area contributed by atoms with E-state index in [-0.39, 0.29) is 6.04 Å². The van der Waals surface area contributed by atoms with E-state index in [9.17, 15) is 8.42 Å². The quantitative estimate of drug-likeness (QED) is 0.764. The summed E-state index contributed by atoms with van der Waals surface area (Å²) in [5.74, 6) is 0.575. The van der Waals surface area contributed by atoms with Crippen LogP contribution in [0.2, 0.25) is 0 Å². The molecule has 1 atom stereocenters. The topological polar surface area (TPSA) is 93.6 Å². The molecule has 1 unspecified atom stereocenters. The molecular formula is C16H17N5O2S. The molecular weight excluding hydrogens is 326 g/mol. The molecule has 0 saturated heterocycles. The molecule has 8 heteroatoms. The molecule has 1 aliphatic heterocycles. The van der Waals surface area contributed by atoms with Gasteiger partial charge in [-0.3, -0.25) is 8.71 Å². The third-order valence-electron chi connectivity index (χ3n) is 4.22. The van der Waals surface area contributed by atoms with E-state index in [1.165, 1.54) is 10.6 Å². The zero-order valence-corrected chi connectivity index (χ0v) is 14.2. The molecule has 0 bridgehead atoms. The first kappa shape index (κ1) is 14.9. The highest BCUT2D eigenvalue weighted by molar-refractivity contribution is 7.92. The molecule has 2 N–H and O–H groups in total. The van der Waals surface area contributed by atoms with E-state index < -0.39 is 10.0 Å². The zero-order chi connectivity index (χ0) is 17.1. The van der Waals surface area contributed by atoms with E-state index in [2.05, 4.69) is 9.97 Å². The fourth-order valence-electron chi connectivity index (χ4n) is 3.31. The highest BCUT2D eigenvalue weighted by atomic mass is 32.2. The fourth-order valence-corrected chi connectivity index (χ4v) is 4.57. The maximum absolute atomic E-state index is 12.0. The van der Waals surface area contributed by atoms with Crippen molar-refractivity contribution in [3.8, 4) is 11.3 Å². The molecule has 124 valence electrons. The SMILES string of the molecule is CC1Cc2cc(-c3cn4cc(N)cnc4n3)ccc2N1S(C)(=O)=O. The average molecular weight is 343 g/mol. The summed E-state index contributed by atoms with van der Waals surface area (Å²) in [6.07, 6.45) is 7.13. The van der Waals surface area contributed by atoms with Gasteiger partial charge < -0.3 is 5.73 Å². The van der Waals surface area contributed by atoms with Gasteiger partial charge in [0.05, 0.1) is 29.5 Å². The van der Waals surface area contributed by atoms with Gasteiger partial charge in [0.1, 0.15) is 0 Å². The van der Waals surface area contributed by atoms with Gasteiger partial charge >= 0.3 is 0 Å². The van der Waals surface area contributed by atoms with Crippen LogP contribution in [-0.2, 0) is 16.4 Å². The van der Waals surface area contributed by atoms with Crippen molar-refractivity contribution in [3.63, 3.8) is 0 Å². The van der Waals surface area contributed by atoms with E-state index in [1.807, 2.05) is 31.3 Å². The van der Waals surface area contributed by atoms with Crippen molar-refractivity contribution in [1.82, 2.24) is 14.4 Å². The lowest BCUT2D eigenvalue weighted by Crippen LogP contribution is -2.34. The fraction of sp³-hybridized carbons (Fsp3) is 0.250. The van der Waals surface area contributed by atoms with Crippen LogP contribution in [0.3, 0.4) is 0 Å². The van der Waals surface area contributed by atoms with Gasteiger partial charge in [-0.05, 0) is 31.0 Å². The monoisotopic (exact) mass is 343 g/mol. The standard InChI is InChI=1S/C16H17N5O2S/c1-10-5-12-6-11(3-4-15(12)21(10)24(2,22)23)14-9-20-8-13(17)7-18-16(20)19-14/h3-4,6-10H,5,17H2,1-2H3. The minimum Gasteiger partial charge on any atom is -0.396 e. The number of fused-ring (bicyclic) bond motifs is 2. The second-order valence-electron chi connectivity index (χ2n) is 6.18. The highest BCUT2D eigenvalue weighted by Gasteiger charge is 2.32. The molecule has 0 aliphatic carbocycles. The van der Waals surface area contributed by atoms with E-state index >= 15 is 0 Å². The van der Waals surface area contributed by atoms with Crippen LogP contribution in [0, 0.1) is 0 Å². The number of imidazole rings is 1. The molecule has 7 nitrogen and oxygen atoms in total. The molecule has 3 aromatic rings. The maximum atomic E-state index is 12.0. The molecule has 4 rings (SSSR count). The van der Waals surface area contributed by atoms with Gasteiger partial charge in [-0.1, -0.05) is 6.07 Å². The number of aromatic nitrogens is 3. The summed E-state index contributed by atoms with van der Waals surface area (Å²) in [7, 11) is -3.28. The van der Waals surface area contributed by atoms with Crippen molar-refractivity contribution >= 4 is 27.2 Å². The second-order valence-corrected chi connectivity index (χ2v) is 8.04. The summed E-state index contributed by atoms with van der Waals surface area (Å²) in [5.41, 5.74) is 9.78. The van der Waals surface area contributed by atoms with Crippen LogP contribution < -0.4 is 10.0 Å². The summed E-state index contributed by atoms with van der Waals surface area (Å²) in [5, 5.41) is 0. The van der Waals surface area contributed by atoms with Gasteiger partial charge in [0, 0.05) is 24.0 Å². The lowest BCUT2D eigenvalue weighted by atomic mass is 10.1. The maximum Gasteiger partial charge on any atom is 0.234 e. The Bertz CT molecular complexity index is 1060. The molecule has 0 fully saturated rings. The Kier molecular flexibility index (Phi) is 3.08. The first-order chi connectivity index (χ1) is 11.3. The van der Waals surface area contributed by atoms with Crippen LogP contribution in [0.25, 0.3) is 17.0 Å². The number of anilines is 2. The van der Waals surface area contributed by atoms with Crippen molar-refractivity contribution in [2.75, 3.05) is 16.3 Å². The molecule has 0 radical (unpaired) electrons. The molecule has 2 aromatic heterocycles. The van der Waals surface area contributed by atoms with E-state index in [4.69, 9.17) is 5.73 Å². The normalized spacial score (nSPS) is 17.4. The Morgan fingerprint density at radius 3 is 2.83 bits per heavy atom. The molecule has 0 spiro atoms. The number of sulfonamides is 1. The van der Waals surface area contributed by atoms with Gasteiger partial charge in [0.2, 0.25) is 15.8 Å². The van der Waals surface area contributed by atoms with E-state index in [1.54, 1.807) is 16.8 Å². The van der Waals surface area contributed by atoms with Crippen LogP contribution >= 0.6 is 0 Å². The Hall–Kier alpha value is -2.61. The third kappa shape index (κ3) is 2.30. The number of hydrogen-bond acceptors (Lipinski definition) is 5. The van der Waals surface area contributed by atoms with Crippen molar-refractivity contribution in [2.45, 2.75) is 19.4 Å². The molecule has 0 saturated carbocycles. The second kappa shape index (κ2) is 4.94. The zero-order valence-electron chi connectivity index (χ0n) is 13.3. The molecule has 0 amide bonds. The number of benzene rings is 1. The minimum absolute atomic E-state index is 0.0761. The van der Waals surface area contributed by atoms with Crippen molar-refractivity contribution in [3.05, 3.63) is 42.4 Å². The Morgan fingerprint density at radius 2 is 2.08 bits per heavy atom. The van der Waals surface area contributed by atoms with Crippen molar-refractivity contribution in [2.24, 2.45) is 0 Å². The van der Waals surface area contributed by atoms with Gasteiger partial charge in [0.25, 0.3) is 0 Å². The van der Waals surface area contributed by atoms with Crippen LogP contribution in [0.5, 0.6) is 0 Å². The summed E-state index contributed by atoms with van der Waals surface area (Å²) in [6.45, 7) is 1.92. The smallest absolute Gasteiger partial charge is 0.234 e. The number of hydrogen-bond donors (Lipinski definition) is 1. The van der Waals surface area contributed by atoms with Crippen LogP contribution in [0.15, 0.2) is 36.8 Å². The summed E-state index contributed by atoms with van der Waals surface area (Å²) >= 11 is 0. The van der Waals surface area contributed by atoms with Crippen molar-refractivity contribution in [1.29, 1.82) is 0 Å². The van der Waals surface area contributed by atoms with Crippen LogP contribution in [-0.4, -0.2) is 35.1 Å². The number of nitrogen functional groups attached to an aromatic ring is 1. The summed E-state index contributed by atoms with van der Waals surface area (Å²) < 4.78 is 27.3. The minimum atomic E-state index is -3.28. The predicted molar refractivity (Wildman–Crippen MR) is 93.3 cm³/mol. The lowest BCUT2D eigenvalue weighted by molar-refractivity contribution is 0.590. The third-order valence-corrected chi connectivity index (χ3v) is 5.49. The molecule has 1 aromatic carbocycles. The molecule has 24 heavy (non-hydrogen) atoms. The predicted octanol–water partition coefficient (Wildman–Crippen LogP) is 1.69. The molecule has 3 heterocycles. The Morgan fingerprint density at radius 1 is 1.29 bits per heavy atom. The van der Waals surface area contributed by atoms with Crippen LogP contribution in [0.1, 0.15) is 12.5 Å². The largest absolute Gasteiger partial charge is 0.396 e. The van der Waals surface area contributed by atoms with Gasteiger partial charge in [-0.2, -0.15) is 0 Å². The number of rotatable bonds is 2. The lowest BCUT2D eigenvalue weighted by Gasteiger charge is -2.21. The van der Waals surface area contributed by atoms with Gasteiger partial charge in [-0.25, -0.2) is 18.4 Å².